The Bertz CT molecular complexity index is 240. The molecule has 16 heavy (non-hydrogen) atoms. The summed E-state index contributed by atoms with van der Waals surface area (Å²) in [6.07, 6.45) is 5.47. The largest absolute Gasteiger partial charge is 0.399 e. The molecule has 2 heterocycles. The van der Waals surface area contributed by atoms with Crippen molar-refractivity contribution >= 4 is 8.01 Å². The van der Waals surface area contributed by atoms with E-state index in [4.69, 9.17) is 4.74 Å². The van der Waals surface area contributed by atoms with Gasteiger partial charge in [-0.05, 0) is 46.5 Å². The van der Waals surface area contributed by atoms with Crippen molar-refractivity contribution in [2.75, 3.05) is 26.2 Å². The smallest absolute Gasteiger partial charge is 0.0958 e. The molecule has 92 valence electrons. The van der Waals surface area contributed by atoms with Crippen LogP contribution in [0, 0.1) is 0 Å². The van der Waals surface area contributed by atoms with Gasteiger partial charge >= 0.3 is 8.01 Å². The summed E-state index contributed by atoms with van der Waals surface area (Å²) in [5.74, 6) is 0. The molecule has 2 aliphatic heterocycles. The Balaban J connectivity index is 2.14. The molecule has 2 aliphatic rings. The maximum atomic E-state index is 5.09. The molecular formula is C12H25N3P+. The van der Waals surface area contributed by atoms with Crippen molar-refractivity contribution in [2.24, 2.45) is 4.74 Å². The second-order valence-electron chi connectivity index (χ2n) is 5.86. The van der Waals surface area contributed by atoms with E-state index in [1.165, 1.54) is 51.9 Å². The van der Waals surface area contributed by atoms with Gasteiger partial charge in [0.05, 0.1) is 5.54 Å². The minimum absolute atomic E-state index is 0.108. The van der Waals surface area contributed by atoms with Crippen LogP contribution in [0.1, 0.15) is 46.5 Å². The van der Waals surface area contributed by atoms with E-state index in [0.29, 0.717) is 0 Å². The number of nitrogens with zero attached hydrogens (tertiary/aromatic N) is 3. The molecule has 0 radical (unpaired) electrons. The summed E-state index contributed by atoms with van der Waals surface area (Å²) in [6, 6.07) is 0. The van der Waals surface area contributed by atoms with E-state index < -0.39 is 0 Å². The average Bonchev–Trinajstić information content (AvgIpc) is 2.86. The molecule has 0 spiro atoms. The van der Waals surface area contributed by atoms with Crippen LogP contribution in [0.4, 0.5) is 0 Å². The minimum Gasteiger partial charge on any atom is -0.0958 e. The first-order valence-electron chi connectivity index (χ1n) is 6.59. The lowest BCUT2D eigenvalue weighted by Crippen LogP contribution is -2.23. The normalized spacial score (nSPS) is 23.9. The van der Waals surface area contributed by atoms with E-state index in [2.05, 4.69) is 30.1 Å². The second-order valence-corrected chi connectivity index (χ2v) is 7.73. The van der Waals surface area contributed by atoms with Gasteiger partial charge in [0.15, 0.2) is 0 Å². The van der Waals surface area contributed by atoms with Gasteiger partial charge in [0, 0.05) is 26.2 Å². The second kappa shape index (κ2) is 5.12. The van der Waals surface area contributed by atoms with Gasteiger partial charge in [0.2, 0.25) is 0 Å². The number of hydrogen-bond acceptors (Lipinski definition) is 1. The third-order valence-corrected chi connectivity index (χ3v) is 5.65. The van der Waals surface area contributed by atoms with E-state index >= 15 is 0 Å². The van der Waals surface area contributed by atoms with Crippen LogP contribution in [-0.2, 0) is 0 Å². The molecular weight excluding hydrogens is 217 g/mol. The zero-order valence-corrected chi connectivity index (χ0v) is 11.8. The van der Waals surface area contributed by atoms with Crippen LogP contribution in [0.3, 0.4) is 0 Å². The summed E-state index contributed by atoms with van der Waals surface area (Å²) in [5.41, 5.74) is 0.108. The fourth-order valence-corrected chi connectivity index (χ4v) is 4.76. The van der Waals surface area contributed by atoms with Crippen molar-refractivity contribution in [1.82, 2.24) is 9.34 Å². The lowest BCUT2D eigenvalue weighted by atomic mass is 10.1. The van der Waals surface area contributed by atoms with E-state index in [1.54, 1.807) is 0 Å². The van der Waals surface area contributed by atoms with Crippen molar-refractivity contribution in [1.29, 1.82) is 0 Å². The van der Waals surface area contributed by atoms with Gasteiger partial charge in [-0.1, -0.05) is 14.1 Å². The van der Waals surface area contributed by atoms with Crippen molar-refractivity contribution in [3.05, 3.63) is 0 Å². The minimum atomic E-state index is -0.359. The van der Waals surface area contributed by atoms with Crippen LogP contribution < -0.4 is 0 Å². The highest BCUT2D eigenvalue weighted by Gasteiger charge is 2.38. The van der Waals surface area contributed by atoms with E-state index in [9.17, 15) is 0 Å². The number of rotatable bonds is 2. The Morgan fingerprint density at radius 1 is 0.812 bits per heavy atom. The predicted octanol–water partition coefficient (Wildman–Crippen LogP) is 3.47. The van der Waals surface area contributed by atoms with Crippen molar-refractivity contribution in [2.45, 2.75) is 52.0 Å². The highest BCUT2D eigenvalue weighted by Crippen LogP contribution is 2.43. The molecule has 0 unspecified atom stereocenters. The molecule has 2 fully saturated rings. The van der Waals surface area contributed by atoms with E-state index in [-0.39, 0.29) is 13.6 Å². The zero-order chi connectivity index (χ0) is 11.6. The fourth-order valence-electron chi connectivity index (χ4n) is 2.33. The molecule has 2 rings (SSSR count). The lowest BCUT2D eigenvalue weighted by Gasteiger charge is -2.16. The van der Waals surface area contributed by atoms with Gasteiger partial charge < -0.3 is 0 Å². The van der Waals surface area contributed by atoms with Crippen LogP contribution in [-0.4, -0.2) is 41.1 Å². The van der Waals surface area contributed by atoms with Gasteiger partial charge in [-0.2, -0.15) is 0 Å². The molecule has 2 saturated heterocycles. The number of hydrogen-bond donors (Lipinski definition) is 0. The molecule has 0 aromatic rings. The Morgan fingerprint density at radius 2 is 1.19 bits per heavy atom. The van der Waals surface area contributed by atoms with Crippen molar-refractivity contribution in [3.63, 3.8) is 0 Å². The quantitative estimate of drug-likeness (QED) is 0.690. The first-order chi connectivity index (χ1) is 7.56. The molecule has 0 bridgehead atoms. The van der Waals surface area contributed by atoms with Crippen LogP contribution in [0.25, 0.3) is 0 Å². The van der Waals surface area contributed by atoms with Crippen molar-refractivity contribution in [3.8, 4) is 0 Å². The molecule has 0 aromatic heterocycles. The lowest BCUT2D eigenvalue weighted by molar-refractivity contribution is 0.469. The first kappa shape index (κ1) is 12.5. The van der Waals surface area contributed by atoms with Crippen molar-refractivity contribution < 1.29 is 0 Å². The van der Waals surface area contributed by atoms with E-state index in [0.717, 1.165) is 0 Å². The maximum Gasteiger partial charge on any atom is 0.399 e. The Hall–Kier alpha value is 0.0200. The van der Waals surface area contributed by atoms with Gasteiger partial charge in [-0.3, -0.25) is 0 Å². The molecule has 0 saturated carbocycles. The molecule has 0 amide bonds. The Morgan fingerprint density at radius 3 is 1.50 bits per heavy atom. The van der Waals surface area contributed by atoms with E-state index in [1.807, 2.05) is 0 Å². The molecule has 0 atom stereocenters. The molecule has 0 N–H and O–H groups in total. The SMILES string of the molecule is CC(C)(C)N=[P+](N1CCCC1)N1CCCC1. The standard InChI is InChI=1S/C12H25N3P/c1-12(2,3)13-16(14-8-4-5-9-14)15-10-6-7-11-15/h4-11H2,1-3H3/q+1. The zero-order valence-electron chi connectivity index (χ0n) is 10.9. The van der Waals surface area contributed by atoms with Gasteiger partial charge in [0.1, 0.15) is 0 Å². The molecule has 3 nitrogen and oxygen atoms in total. The summed E-state index contributed by atoms with van der Waals surface area (Å²) >= 11 is 0. The Labute approximate surface area is 101 Å². The van der Waals surface area contributed by atoms with Crippen LogP contribution in [0.2, 0.25) is 0 Å². The predicted molar refractivity (Wildman–Crippen MR) is 70.7 cm³/mol. The van der Waals surface area contributed by atoms with Crippen LogP contribution >= 0.6 is 8.01 Å². The van der Waals surface area contributed by atoms with Gasteiger partial charge in [-0.25, -0.2) is 0 Å². The average molecular weight is 242 g/mol. The molecule has 0 aromatic carbocycles. The molecule has 0 aliphatic carbocycles. The summed E-state index contributed by atoms with van der Waals surface area (Å²) in [6.45, 7) is 11.8. The van der Waals surface area contributed by atoms with Gasteiger partial charge in [0.25, 0.3) is 0 Å². The summed E-state index contributed by atoms with van der Waals surface area (Å²) in [7, 11) is -0.359. The summed E-state index contributed by atoms with van der Waals surface area (Å²) in [5, 5.41) is 0. The highest BCUT2D eigenvalue weighted by atomic mass is 31.1. The maximum absolute atomic E-state index is 5.09. The highest BCUT2D eigenvalue weighted by molar-refractivity contribution is 7.42. The summed E-state index contributed by atoms with van der Waals surface area (Å²) in [4.78, 5) is 0. The third-order valence-electron chi connectivity index (χ3n) is 3.06. The summed E-state index contributed by atoms with van der Waals surface area (Å²) < 4.78 is 10.4. The van der Waals surface area contributed by atoms with Crippen LogP contribution in [0.15, 0.2) is 4.74 Å². The first-order valence-corrected chi connectivity index (χ1v) is 7.79. The van der Waals surface area contributed by atoms with Crippen LogP contribution in [0.5, 0.6) is 0 Å². The molecule has 4 heteroatoms. The Kier molecular flexibility index (Phi) is 3.99. The van der Waals surface area contributed by atoms with Gasteiger partial charge in [-0.15, -0.1) is 0 Å². The third kappa shape index (κ3) is 3.26. The fraction of sp³-hybridized carbons (Fsp3) is 1.00. The monoisotopic (exact) mass is 242 g/mol. The topological polar surface area (TPSA) is 18.8 Å².